The van der Waals surface area contributed by atoms with Crippen molar-refractivity contribution in [1.82, 2.24) is 4.90 Å². The average Bonchev–Trinajstić information content (AvgIpc) is 2.93. The van der Waals surface area contributed by atoms with E-state index in [9.17, 15) is 9.59 Å². The van der Waals surface area contributed by atoms with E-state index in [-0.39, 0.29) is 35.8 Å². The molecule has 7 nitrogen and oxygen atoms in total. The second-order valence-electron chi connectivity index (χ2n) is 9.61. The van der Waals surface area contributed by atoms with E-state index in [1.54, 1.807) is 12.1 Å². The summed E-state index contributed by atoms with van der Waals surface area (Å²) in [4.78, 5) is 27.1. The molecule has 1 aliphatic carbocycles. The molecule has 0 N–H and O–H groups in total. The fraction of sp³-hybridized carbons (Fsp3) is 0.652. The standard InChI is InChI=1S/C23H33NO6/c1-22(2)10-16-11-23(3,13-22)14-24(16)19(25)12-30-20(26)9-15-7-17(27-4)21(29-6)18(8-15)28-5/h7-8,16H,9-14H2,1-6H3/t16-,23-/m1/s1. The Bertz CT molecular complexity index is 795. The van der Waals surface area contributed by atoms with Crippen molar-refractivity contribution < 1.29 is 28.5 Å². The van der Waals surface area contributed by atoms with E-state index >= 15 is 0 Å². The third kappa shape index (κ3) is 4.65. The lowest BCUT2D eigenvalue weighted by Gasteiger charge is -2.39. The summed E-state index contributed by atoms with van der Waals surface area (Å²) in [6, 6.07) is 3.65. The Labute approximate surface area is 178 Å². The molecule has 7 heteroatoms. The van der Waals surface area contributed by atoms with E-state index in [2.05, 4.69) is 20.8 Å². The van der Waals surface area contributed by atoms with Crippen LogP contribution in [0.2, 0.25) is 0 Å². The molecule has 3 rings (SSSR count). The van der Waals surface area contributed by atoms with Crippen LogP contribution < -0.4 is 14.2 Å². The predicted molar refractivity (Wildman–Crippen MR) is 112 cm³/mol. The molecule has 1 aromatic carbocycles. The molecule has 1 aliphatic heterocycles. The molecule has 1 aromatic rings. The molecule has 166 valence electrons. The van der Waals surface area contributed by atoms with Gasteiger partial charge in [-0.1, -0.05) is 20.8 Å². The number of amides is 1. The molecule has 2 fully saturated rings. The highest BCUT2D eigenvalue weighted by molar-refractivity contribution is 5.82. The van der Waals surface area contributed by atoms with Gasteiger partial charge in [0.25, 0.3) is 5.91 Å². The van der Waals surface area contributed by atoms with Gasteiger partial charge in [0.2, 0.25) is 5.75 Å². The van der Waals surface area contributed by atoms with Gasteiger partial charge in [-0.2, -0.15) is 0 Å². The quantitative estimate of drug-likeness (QED) is 0.632. The zero-order valence-electron chi connectivity index (χ0n) is 18.9. The smallest absolute Gasteiger partial charge is 0.310 e. The number of methoxy groups -OCH3 is 3. The summed E-state index contributed by atoms with van der Waals surface area (Å²) >= 11 is 0. The second-order valence-corrected chi connectivity index (χ2v) is 9.61. The first-order valence-electron chi connectivity index (χ1n) is 10.3. The first-order chi connectivity index (χ1) is 14.1. The molecule has 0 spiro atoms. The number of likely N-dealkylation sites (tertiary alicyclic amines) is 1. The Morgan fingerprint density at radius 3 is 2.23 bits per heavy atom. The van der Waals surface area contributed by atoms with Crippen LogP contribution in [0.4, 0.5) is 0 Å². The van der Waals surface area contributed by atoms with Crippen LogP contribution in [0, 0.1) is 10.8 Å². The summed E-state index contributed by atoms with van der Waals surface area (Å²) in [5, 5.41) is 0. The number of esters is 1. The van der Waals surface area contributed by atoms with Gasteiger partial charge in [0.1, 0.15) is 0 Å². The van der Waals surface area contributed by atoms with Gasteiger partial charge >= 0.3 is 5.97 Å². The van der Waals surface area contributed by atoms with Crippen LogP contribution in [0.25, 0.3) is 0 Å². The molecular formula is C23H33NO6. The lowest BCUT2D eigenvalue weighted by Crippen LogP contribution is -2.39. The van der Waals surface area contributed by atoms with Gasteiger partial charge in [0.05, 0.1) is 27.8 Å². The number of ether oxygens (including phenoxy) is 4. The summed E-state index contributed by atoms with van der Waals surface area (Å²) in [6.07, 6.45) is 3.15. The minimum Gasteiger partial charge on any atom is -0.493 e. The highest BCUT2D eigenvalue weighted by Gasteiger charge is 2.50. The van der Waals surface area contributed by atoms with Crippen molar-refractivity contribution in [2.75, 3.05) is 34.5 Å². The van der Waals surface area contributed by atoms with Gasteiger partial charge in [-0.3, -0.25) is 9.59 Å². The maximum Gasteiger partial charge on any atom is 0.310 e. The van der Waals surface area contributed by atoms with Crippen LogP contribution in [0.3, 0.4) is 0 Å². The Hall–Kier alpha value is -2.44. The van der Waals surface area contributed by atoms with Gasteiger partial charge in [-0.15, -0.1) is 0 Å². The van der Waals surface area contributed by atoms with Crippen LogP contribution in [-0.2, 0) is 20.7 Å². The maximum absolute atomic E-state index is 12.8. The van der Waals surface area contributed by atoms with Crippen molar-refractivity contribution in [2.45, 2.75) is 52.5 Å². The maximum atomic E-state index is 12.8. The molecule has 0 aromatic heterocycles. The molecule has 0 unspecified atom stereocenters. The van der Waals surface area contributed by atoms with Crippen molar-refractivity contribution >= 4 is 11.9 Å². The largest absolute Gasteiger partial charge is 0.493 e. The summed E-state index contributed by atoms with van der Waals surface area (Å²) in [6.45, 7) is 7.30. The van der Waals surface area contributed by atoms with E-state index in [0.717, 1.165) is 25.8 Å². The van der Waals surface area contributed by atoms with E-state index in [1.165, 1.54) is 21.3 Å². The minimum atomic E-state index is -0.466. The SMILES string of the molecule is COc1cc(CC(=O)OCC(=O)N2C[C@]3(C)C[C@H]2CC(C)(C)C3)cc(OC)c1OC. The molecule has 2 bridgehead atoms. The van der Waals surface area contributed by atoms with E-state index in [1.807, 2.05) is 4.90 Å². The van der Waals surface area contributed by atoms with Crippen molar-refractivity contribution in [2.24, 2.45) is 10.8 Å². The predicted octanol–water partition coefficient (Wildman–Crippen LogP) is 3.23. The van der Waals surface area contributed by atoms with Crippen LogP contribution in [0.15, 0.2) is 12.1 Å². The normalized spacial score (nSPS) is 24.3. The Kier molecular flexibility index (Phi) is 6.20. The highest BCUT2D eigenvalue weighted by atomic mass is 16.5. The summed E-state index contributed by atoms with van der Waals surface area (Å²) in [5.74, 6) is 0.821. The number of carbonyl (C=O) groups excluding carboxylic acids is 2. The Morgan fingerprint density at radius 1 is 1.03 bits per heavy atom. The van der Waals surface area contributed by atoms with Gasteiger partial charge in [0, 0.05) is 12.6 Å². The molecule has 1 amide bonds. The minimum absolute atomic E-state index is 0.0121. The van der Waals surface area contributed by atoms with Crippen LogP contribution in [0.1, 0.15) is 45.6 Å². The molecule has 2 aliphatic rings. The molecular weight excluding hydrogens is 386 g/mol. The second kappa shape index (κ2) is 8.36. The topological polar surface area (TPSA) is 74.3 Å². The zero-order valence-corrected chi connectivity index (χ0v) is 18.9. The first-order valence-corrected chi connectivity index (χ1v) is 10.3. The zero-order chi connectivity index (χ0) is 22.1. The molecule has 1 saturated carbocycles. The van der Waals surface area contributed by atoms with Crippen molar-refractivity contribution in [3.8, 4) is 17.2 Å². The molecule has 1 heterocycles. The van der Waals surface area contributed by atoms with Crippen LogP contribution >= 0.6 is 0 Å². The monoisotopic (exact) mass is 419 g/mol. The lowest BCUT2D eigenvalue weighted by atomic mass is 9.65. The first kappa shape index (κ1) is 22.2. The van der Waals surface area contributed by atoms with Crippen LogP contribution in [-0.4, -0.2) is 57.3 Å². The van der Waals surface area contributed by atoms with Crippen LogP contribution in [0.5, 0.6) is 17.2 Å². The summed E-state index contributed by atoms with van der Waals surface area (Å²) in [7, 11) is 4.56. The fourth-order valence-corrected chi connectivity index (χ4v) is 5.43. The van der Waals surface area contributed by atoms with Gasteiger partial charge in [-0.05, 0) is 47.8 Å². The average molecular weight is 420 g/mol. The number of hydrogen-bond donors (Lipinski definition) is 0. The summed E-state index contributed by atoms with van der Waals surface area (Å²) in [5.41, 5.74) is 1.05. The van der Waals surface area contributed by atoms with E-state index < -0.39 is 5.97 Å². The Balaban J connectivity index is 1.59. The third-order valence-electron chi connectivity index (χ3n) is 6.16. The van der Waals surface area contributed by atoms with Crippen molar-refractivity contribution in [3.05, 3.63) is 17.7 Å². The summed E-state index contributed by atoms with van der Waals surface area (Å²) < 4.78 is 21.2. The molecule has 30 heavy (non-hydrogen) atoms. The van der Waals surface area contributed by atoms with E-state index in [4.69, 9.17) is 18.9 Å². The molecule has 2 atom stereocenters. The fourth-order valence-electron chi connectivity index (χ4n) is 5.43. The number of carbonyl (C=O) groups is 2. The van der Waals surface area contributed by atoms with Crippen molar-refractivity contribution in [3.63, 3.8) is 0 Å². The van der Waals surface area contributed by atoms with Gasteiger partial charge < -0.3 is 23.8 Å². The third-order valence-corrected chi connectivity index (χ3v) is 6.16. The number of nitrogens with zero attached hydrogens (tertiary/aromatic N) is 1. The molecule has 0 radical (unpaired) electrons. The Morgan fingerprint density at radius 2 is 1.67 bits per heavy atom. The number of fused-ring (bicyclic) bond motifs is 2. The number of benzene rings is 1. The number of rotatable bonds is 7. The van der Waals surface area contributed by atoms with Gasteiger partial charge in [-0.25, -0.2) is 0 Å². The van der Waals surface area contributed by atoms with Gasteiger partial charge in [0.15, 0.2) is 18.1 Å². The highest BCUT2D eigenvalue weighted by Crippen LogP contribution is 2.52. The molecule has 1 saturated heterocycles. The van der Waals surface area contributed by atoms with E-state index in [0.29, 0.717) is 22.8 Å². The number of hydrogen-bond acceptors (Lipinski definition) is 6. The lowest BCUT2D eigenvalue weighted by molar-refractivity contribution is -0.152. The van der Waals surface area contributed by atoms with Crippen molar-refractivity contribution in [1.29, 1.82) is 0 Å².